The van der Waals surface area contributed by atoms with E-state index in [0.717, 1.165) is 35.6 Å². The maximum atomic E-state index is 13.4. The van der Waals surface area contributed by atoms with Gasteiger partial charge in [-0.1, -0.05) is 6.92 Å². The maximum absolute atomic E-state index is 13.4. The molecule has 0 fully saturated rings. The predicted octanol–water partition coefficient (Wildman–Crippen LogP) is 3.04. The van der Waals surface area contributed by atoms with E-state index in [1.54, 1.807) is 12.1 Å². The van der Waals surface area contributed by atoms with E-state index in [0.29, 0.717) is 0 Å². The monoisotopic (exact) mass is 260 g/mol. The van der Waals surface area contributed by atoms with Crippen LogP contribution in [0.25, 0.3) is 11.3 Å². The Balaban J connectivity index is 2.46. The average molecular weight is 260 g/mol. The highest BCUT2D eigenvalue weighted by Crippen LogP contribution is 2.21. The second kappa shape index (κ2) is 5.89. The summed E-state index contributed by atoms with van der Waals surface area (Å²) in [6, 6.07) is 6.53. The molecule has 0 saturated carbocycles. The number of aromatic nitrogens is 2. The van der Waals surface area contributed by atoms with Crippen LogP contribution in [0.2, 0.25) is 0 Å². The Morgan fingerprint density at radius 3 is 2.68 bits per heavy atom. The fraction of sp³-hybridized carbons (Fsp3) is 0.333. The number of rotatable bonds is 4. The Morgan fingerprint density at radius 1 is 1.21 bits per heavy atom. The minimum absolute atomic E-state index is 0.283. The molecule has 19 heavy (non-hydrogen) atoms. The molecule has 0 bridgehead atoms. The third-order valence-electron chi connectivity index (χ3n) is 2.89. The van der Waals surface area contributed by atoms with Gasteiger partial charge < -0.3 is 5.11 Å². The molecule has 0 spiro atoms. The van der Waals surface area contributed by atoms with Gasteiger partial charge in [0.05, 0.1) is 12.3 Å². The summed E-state index contributed by atoms with van der Waals surface area (Å²) in [5.41, 5.74) is 2.74. The third-order valence-corrected chi connectivity index (χ3v) is 2.89. The van der Waals surface area contributed by atoms with Gasteiger partial charge in [-0.2, -0.15) is 0 Å². The van der Waals surface area contributed by atoms with Crippen LogP contribution in [0.1, 0.15) is 30.4 Å². The lowest BCUT2D eigenvalue weighted by Gasteiger charge is -2.07. The number of halogens is 1. The summed E-state index contributed by atoms with van der Waals surface area (Å²) < 4.78 is 13.4. The first kappa shape index (κ1) is 13.6. The van der Waals surface area contributed by atoms with Crippen molar-refractivity contribution in [1.82, 2.24) is 9.97 Å². The van der Waals surface area contributed by atoms with Crippen molar-refractivity contribution in [3.63, 3.8) is 0 Å². The molecule has 1 aromatic heterocycles. The van der Waals surface area contributed by atoms with Crippen molar-refractivity contribution < 1.29 is 9.50 Å². The largest absolute Gasteiger partial charge is 0.392 e. The van der Waals surface area contributed by atoms with E-state index < -0.39 is 5.82 Å². The highest BCUT2D eigenvalue weighted by molar-refractivity contribution is 5.60. The molecule has 0 saturated heterocycles. The van der Waals surface area contributed by atoms with Gasteiger partial charge in [0.2, 0.25) is 0 Å². The van der Waals surface area contributed by atoms with Gasteiger partial charge in [-0.3, -0.25) is 0 Å². The Morgan fingerprint density at radius 2 is 2.00 bits per heavy atom. The van der Waals surface area contributed by atoms with E-state index in [-0.39, 0.29) is 12.2 Å². The fourth-order valence-electron chi connectivity index (χ4n) is 1.97. The summed E-state index contributed by atoms with van der Waals surface area (Å²) in [4.78, 5) is 8.86. The van der Waals surface area contributed by atoms with Gasteiger partial charge >= 0.3 is 0 Å². The average Bonchev–Trinajstić information content (AvgIpc) is 2.39. The molecule has 0 amide bonds. The van der Waals surface area contributed by atoms with Crippen molar-refractivity contribution in [2.75, 3.05) is 0 Å². The van der Waals surface area contributed by atoms with Gasteiger partial charge in [0.25, 0.3) is 0 Å². The first-order chi connectivity index (χ1) is 9.13. The zero-order valence-electron chi connectivity index (χ0n) is 11.2. The number of aliphatic hydroxyl groups is 1. The van der Waals surface area contributed by atoms with Crippen LogP contribution in [-0.2, 0) is 13.0 Å². The van der Waals surface area contributed by atoms with Gasteiger partial charge in [0.1, 0.15) is 11.6 Å². The molecule has 0 aliphatic rings. The second-order valence-corrected chi connectivity index (χ2v) is 4.53. The Kier molecular flexibility index (Phi) is 4.22. The highest BCUT2D eigenvalue weighted by Gasteiger charge is 2.08. The van der Waals surface area contributed by atoms with E-state index in [1.807, 2.05) is 13.0 Å². The number of hydrogen-bond donors (Lipinski definition) is 1. The van der Waals surface area contributed by atoms with Gasteiger partial charge in [-0.05, 0) is 37.6 Å². The van der Waals surface area contributed by atoms with Crippen molar-refractivity contribution in [2.45, 2.75) is 33.3 Å². The SMILES string of the molecule is CCCc1nc(C)cc(-c2ccc(F)c(CO)c2)n1. The summed E-state index contributed by atoms with van der Waals surface area (Å²) in [5.74, 6) is 0.401. The number of aliphatic hydroxyl groups excluding tert-OH is 1. The van der Waals surface area contributed by atoms with Crippen molar-refractivity contribution in [1.29, 1.82) is 0 Å². The minimum Gasteiger partial charge on any atom is -0.392 e. The van der Waals surface area contributed by atoms with E-state index in [9.17, 15) is 4.39 Å². The van der Waals surface area contributed by atoms with E-state index >= 15 is 0 Å². The van der Waals surface area contributed by atoms with Crippen LogP contribution < -0.4 is 0 Å². The molecule has 1 aromatic carbocycles. The predicted molar refractivity (Wildman–Crippen MR) is 72.1 cm³/mol. The molecule has 0 radical (unpaired) electrons. The molecular weight excluding hydrogens is 243 g/mol. The standard InChI is InChI=1S/C15H17FN2O/c1-3-4-15-17-10(2)7-14(18-15)11-5-6-13(16)12(8-11)9-19/h5-8,19H,3-4,9H2,1-2H3. The third kappa shape index (κ3) is 3.15. The second-order valence-electron chi connectivity index (χ2n) is 4.53. The van der Waals surface area contributed by atoms with Crippen molar-refractivity contribution in [3.8, 4) is 11.3 Å². The zero-order valence-corrected chi connectivity index (χ0v) is 11.2. The van der Waals surface area contributed by atoms with Gasteiger partial charge in [-0.15, -0.1) is 0 Å². The molecule has 1 N–H and O–H groups in total. The van der Waals surface area contributed by atoms with Crippen LogP contribution in [0.3, 0.4) is 0 Å². The molecule has 1 heterocycles. The fourth-order valence-corrected chi connectivity index (χ4v) is 1.97. The van der Waals surface area contributed by atoms with Crippen molar-refractivity contribution in [3.05, 3.63) is 47.2 Å². The molecule has 3 nitrogen and oxygen atoms in total. The van der Waals surface area contributed by atoms with Crippen LogP contribution in [0.5, 0.6) is 0 Å². The molecular formula is C15H17FN2O. The lowest BCUT2D eigenvalue weighted by Crippen LogP contribution is -1.99. The van der Waals surface area contributed by atoms with Crippen molar-refractivity contribution in [2.24, 2.45) is 0 Å². The van der Waals surface area contributed by atoms with Crippen LogP contribution >= 0.6 is 0 Å². The van der Waals surface area contributed by atoms with Gasteiger partial charge in [-0.25, -0.2) is 14.4 Å². The van der Waals surface area contributed by atoms with E-state index in [1.165, 1.54) is 6.07 Å². The molecule has 100 valence electrons. The van der Waals surface area contributed by atoms with Crippen molar-refractivity contribution >= 4 is 0 Å². The summed E-state index contributed by atoms with van der Waals surface area (Å²) in [5, 5.41) is 9.11. The number of benzene rings is 1. The Labute approximate surface area is 112 Å². The van der Waals surface area contributed by atoms with Crippen LogP contribution in [0.15, 0.2) is 24.3 Å². The molecule has 0 aliphatic heterocycles. The zero-order chi connectivity index (χ0) is 13.8. The Hall–Kier alpha value is -1.81. The van der Waals surface area contributed by atoms with Crippen LogP contribution in [-0.4, -0.2) is 15.1 Å². The molecule has 4 heteroatoms. The molecule has 0 unspecified atom stereocenters. The lowest BCUT2D eigenvalue weighted by molar-refractivity contribution is 0.276. The lowest BCUT2D eigenvalue weighted by atomic mass is 10.1. The van der Waals surface area contributed by atoms with Crippen LogP contribution in [0.4, 0.5) is 4.39 Å². The van der Waals surface area contributed by atoms with Crippen LogP contribution in [0, 0.1) is 12.7 Å². The highest BCUT2D eigenvalue weighted by atomic mass is 19.1. The van der Waals surface area contributed by atoms with E-state index in [4.69, 9.17) is 5.11 Å². The number of nitrogens with zero attached hydrogens (tertiary/aromatic N) is 2. The maximum Gasteiger partial charge on any atom is 0.129 e. The molecule has 2 aromatic rings. The normalized spacial score (nSPS) is 10.7. The van der Waals surface area contributed by atoms with E-state index in [2.05, 4.69) is 16.9 Å². The minimum atomic E-state index is -0.397. The van der Waals surface area contributed by atoms with Gasteiger partial charge in [0, 0.05) is 23.2 Å². The summed E-state index contributed by atoms with van der Waals surface area (Å²) >= 11 is 0. The molecule has 2 rings (SSSR count). The Bertz CT molecular complexity index is 584. The molecule has 0 aliphatic carbocycles. The topological polar surface area (TPSA) is 46.0 Å². The summed E-state index contributed by atoms with van der Waals surface area (Å²) in [6.45, 7) is 3.68. The molecule has 0 atom stereocenters. The summed E-state index contributed by atoms with van der Waals surface area (Å²) in [7, 11) is 0. The quantitative estimate of drug-likeness (QED) is 0.919. The smallest absolute Gasteiger partial charge is 0.129 e. The number of hydrogen-bond acceptors (Lipinski definition) is 3. The first-order valence-corrected chi connectivity index (χ1v) is 6.38. The number of aryl methyl sites for hydroxylation is 2. The van der Waals surface area contributed by atoms with Gasteiger partial charge in [0.15, 0.2) is 0 Å². The summed E-state index contributed by atoms with van der Waals surface area (Å²) in [6.07, 6.45) is 1.80. The first-order valence-electron chi connectivity index (χ1n) is 6.38.